The Balaban J connectivity index is 1.69. The van der Waals surface area contributed by atoms with Crippen LogP contribution in [0.15, 0.2) is 58.0 Å². The van der Waals surface area contributed by atoms with Gasteiger partial charge < -0.3 is 4.74 Å². The number of nitrogens with zero attached hydrogens (tertiary/aromatic N) is 2. The Kier molecular flexibility index (Phi) is 6.21. The van der Waals surface area contributed by atoms with E-state index < -0.39 is 0 Å². The van der Waals surface area contributed by atoms with E-state index >= 15 is 0 Å². The molecule has 6 heteroatoms. The van der Waals surface area contributed by atoms with Crippen LogP contribution in [0, 0.1) is 11.3 Å². The smallest absolute Gasteiger partial charge is 0.173 e. The minimum atomic E-state index is 0.0182. The van der Waals surface area contributed by atoms with E-state index in [0.29, 0.717) is 16.2 Å². The molecule has 2 aromatic carbocycles. The van der Waals surface area contributed by atoms with Crippen LogP contribution in [-0.4, -0.2) is 23.6 Å². The number of aromatic nitrogens is 1. The zero-order valence-electron chi connectivity index (χ0n) is 16.4. The molecule has 1 aliphatic rings. The van der Waals surface area contributed by atoms with Crippen LogP contribution in [0.5, 0.6) is 5.75 Å². The van der Waals surface area contributed by atoms with E-state index in [0.717, 1.165) is 51.9 Å². The first kappa shape index (κ1) is 20.6. The van der Waals surface area contributed by atoms with Crippen molar-refractivity contribution in [2.45, 2.75) is 24.3 Å². The lowest BCUT2D eigenvalue weighted by Crippen LogP contribution is -2.05. The standard InChI is InChI=1S/C24H19BrN2O2S/c1-29-18-11-7-16(8-12-18)23-19-3-2-4-21(19)27-24(20(23)13-26)30-14-22(28)15-5-9-17(25)10-6-15/h5-12H,2-4,14H2,1H3. The number of ether oxygens (including phenoxy) is 1. The number of hydrogen-bond donors (Lipinski definition) is 0. The highest BCUT2D eigenvalue weighted by atomic mass is 79.9. The van der Waals surface area contributed by atoms with Crippen LogP contribution in [0.4, 0.5) is 0 Å². The fourth-order valence-electron chi connectivity index (χ4n) is 3.69. The summed E-state index contributed by atoms with van der Waals surface area (Å²) in [6, 6.07) is 17.4. The number of methoxy groups -OCH3 is 1. The van der Waals surface area contributed by atoms with Gasteiger partial charge in [0.15, 0.2) is 5.78 Å². The molecule has 0 radical (unpaired) electrons. The van der Waals surface area contributed by atoms with Gasteiger partial charge in [0.25, 0.3) is 0 Å². The van der Waals surface area contributed by atoms with Gasteiger partial charge in [-0.15, -0.1) is 0 Å². The topological polar surface area (TPSA) is 63.0 Å². The van der Waals surface area contributed by atoms with Crippen LogP contribution < -0.4 is 4.74 Å². The quantitative estimate of drug-likeness (QED) is 0.328. The van der Waals surface area contributed by atoms with Crippen LogP contribution in [0.2, 0.25) is 0 Å². The molecule has 150 valence electrons. The van der Waals surface area contributed by atoms with Gasteiger partial charge in [-0.3, -0.25) is 4.79 Å². The predicted octanol–water partition coefficient (Wildman–Crippen LogP) is 5.86. The van der Waals surface area contributed by atoms with Crippen LogP contribution in [0.1, 0.15) is 33.6 Å². The van der Waals surface area contributed by atoms with Gasteiger partial charge in [-0.25, -0.2) is 4.98 Å². The Labute approximate surface area is 188 Å². The van der Waals surface area contributed by atoms with Gasteiger partial charge in [0.1, 0.15) is 16.8 Å². The Bertz CT molecular complexity index is 1140. The number of carbonyl (C=O) groups is 1. The minimum Gasteiger partial charge on any atom is -0.497 e. The van der Waals surface area contributed by atoms with E-state index in [1.807, 2.05) is 36.4 Å². The lowest BCUT2D eigenvalue weighted by molar-refractivity contribution is 0.102. The van der Waals surface area contributed by atoms with E-state index in [1.54, 1.807) is 19.2 Å². The second-order valence-electron chi connectivity index (χ2n) is 7.00. The second-order valence-corrected chi connectivity index (χ2v) is 8.88. The summed E-state index contributed by atoms with van der Waals surface area (Å²) in [5.74, 6) is 1.03. The van der Waals surface area contributed by atoms with Gasteiger partial charge in [-0.1, -0.05) is 52.0 Å². The number of thioether (sulfide) groups is 1. The molecule has 0 bridgehead atoms. The van der Waals surface area contributed by atoms with Crippen molar-refractivity contribution in [1.82, 2.24) is 4.98 Å². The SMILES string of the molecule is COc1ccc(-c2c(C#N)c(SCC(=O)c3ccc(Br)cc3)nc3c2CCC3)cc1. The Morgan fingerprint density at radius 2 is 1.90 bits per heavy atom. The second kappa shape index (κ2) is 9.03. The largest absolute Gasteiger partial charge is 0.497 e. The van der Waals surface area contributed by atoms with Crippen molar-refractivity contribution in [3.63, 3.8) is 0 Å². The van der Waals surface area contributed by atoms with Crippen molar-refractivity contribution in [3.05, 3.63) is 75.4 Å². The highest BCUT2D eigenvalue weighted by Gasteiger charge is 2.24. The van der Waals surface area contributed by atoms with Crippen LogP contribution in [-0.2, 0) is 12.8 Å². The molecule has 1 aromatic heterocycles. The number of benzene rings is 2. The molecule has 4 nitrogen and oxygen atoms in total. The molecular formula is C24H19BrN2O2S. The number of pyridine rings is 1. The molecular weight excluding hydrogens is 460 g/mol. The third-order valence-electron chi connectivity index (χ3n) is 5.19. The molecule has 4 rings (SSSR count). The number of nitriles is 1. The summed E-state index contributed by atoms with van der Waals surface area (Å²) in [6.45, 7) is 0. The Hall–Kier alpha value is -2.62. The average molecular weight is 479 g/mol. The van der Waals surface area contributed by atoms with Crippen LogP contribution in [0.25, 0.3) is 11.1 Å². The molecule has 0 unspecified atom stereocenters. The van der Waals surface area contributed by atoms with Crippen molar-refractivity contribution >= 4 is 33.5 Å². The number of rotatable bonds is 6. The van der Waals surface area contributed by atoms with E-state index in [-0.39, 0.29) is 11.5 Å². The lowest BCUT2D eigenvalue weighted by Gasteiger charge is -2.15. The first-order valence-corrected chi connectivity index (χ1v) is 11.4. The molecule has 0 N–H and O–H groups in total. The lowest BCUT2D eigenvalue weighted by atomic mass is 9.95. The molecule has 0 fully saturated rings. The first-order chi connectivity index (χ1) is 14.6. The van der Waals surface area contributed by atoms with Gasteiger partial charge >= 0.3 is 0 Å². The Morgan fingerprint density at radius 1 is 1.17 bits per heavy atom. The third-order valence-corrected chi connectivity index (χ3v) is 6.69. The molecule has 1 heterocycles. The average Bonchev–Trinajstić information content (AvgIpc) is 3.25. The Morgan fingerprint density at radius 3 is 2.57 bits per heavy atom. The summed E-state index contributed by atoms with van der Waals surface area (Å²) in [5, 5.41) is 10.6. The normalized spacial score (nSPS) is 12.3. The maximum absolute atomic E-state index is 12.6. The van der Waals surface area contributed by atoms with Gasteiger partial charge in [-0.05, 0) is 54.7 Å². The molecule has 0 saturated carbocycles. The number of ketones is 1. The molecule has 0 saturated heterocycles. The molecule has 0 amide bonds. The summed E-state index contributed by atoms with van der Waals surface area (Å²) in [6.07, 6.45) is 2.85. The molecule has 3 aromatic rings. The van der Waals surface area contributed by atoms with E-state index in [4.69, 9.17) is 9.72 Å². The molecule has 0 aliphatic heterocycles. The van der Waals surface area contributed by atoms with Crippen LogP contribution in [0.3, 0.4) is 0 Å². The predicted molar refractivity (Wildman–Crippen MR) is 122 cm³/mol. The summed E-state index contributed by atoms with van der Waals surface area (Å²) in [4.78, 5) is 17.4. The zero-order valence-corrected chi connectivity index (χ0v) is 18.8. The number of halogens is 1. The van der Waals surface area contributed by atoms with Gasteiger partial charge in [0.2, 0.25) is 0 Å². The van der Waals surface area contributed by atoms with E-state index in [9.17, 15) is 10.1 Å². The van der Waals surface area contributed by atoms with E-state index in [2.05, 4.69) is 22.0 Å². The maximum atomic E-state index is 12.6. The van der Waals surface area contributed by atoms with Crippen molar-refractivity contribution < 1.29 is 9.53 Å². The van der Waals surface area contributed by atoms with Crippen molar-refractivity contribution in [1.29, 1.82) is 5.26 Å². The number of fused-ring (bicyclic) bond motifs is 1. The maximum Gasteiger partial charge on any atom is 0.173 e. The van der Waals surface area contributed by atoms with Crippen LogP contribution >= 0.6 is 27.7 Å². The van der Waals surface area contributed by atoms with Gasteiger partial charge in [0, 0.05) is 21.3 Å². The summed E-state index contributed by atoms with van der Waals surface area (Å²) in [5.41, 5.74) is 5.32. The summed E-state index contributed by atoms with van der Waals surface area (Å²) < 4.78 is 6.20. The van der Waals surface area contributed by atoms with Crippen molar-refractivity contribution in [2.75, 3.05) is 12.9 Å². The fourth-order valence-corrected chi connectivity index (χ4v) is 4.86. The summed E-state index contributed by atoms with van der Waals surface area (Å²) >= 11 is 4.73. The first-order valence-electron chi connectivity index (χ1n) is 9.62. The monoisotopic (exact) mass is 478 g/mol. The van der Waals surface area contributed by atoms with Crippen molar-refractivity contribution in [2.24, 2.45) is 0 Å². The van der Waals surface area contributed by atoms with Crippen molar-refractivity contribution in [3.8, 4) is 22.9 Å². The number of aryl methyl sites for hydroxylation is 1. The number of carbonyl (C=O) groups excluding carboxylic acids is 1. The summed E-state index contributed by atoms with van der Waals surface area (Å²) in [7, 11) is 1.64. The zero-order chi connectivity index (χ0) is 21.1. The molecule has 1 aliphatic carbocycles. The fraction of sp³-hybridized carbons (Fsp3) is 0.208. The highest BCUT2D eigenvalue weighted by Crippen LogP contribution is 2.39. The minimum absolute atomic E-state index is 0.0182. The highest BCUT2D eigenvalue weighted by molar-refractivity contribution is 9.10. The molecule has 0 atom stereocenters. The van der Waals surface area contributed by atoms with E-state index in [1.165, 1.54) is 11.8 Å². The number of hydrogen-bond acceptors (Lipinski definition) is 5. The van der Waals surface area contributed by atoms with Gasteiger partial charge in [-0.2, -0.15) is 5.26 Å². The molecule has 0 spiro atoms. The van der Waals surface area contributed by atoms with Gasteiger partial charge in [0.05, 0.1) is 18.4 Å². The molecule has 30 heavy (non-hydrogen) atoms. The number of Topliss-reactive ketones (excluding diaryl/α,β-unsaturated/α-hetero) is 1. The third kappa shape index (κ3) is 4.14.